The molecule has 0 aliphatic carbocycles. The smallest absolute Gasteiger partial charge is 0.150 e. The van der Waals surface area contributed by atoms with E-state index in [0.29, 0.717) is 0 Å². The summed E-state index contributed by atoms with van der Waals surface area (Å²) < 4.78 is 0. The molecular formula is C16H24O. The van der Waals surface area contributed by atoms with E-state index < -0.39 is 0 Å². The quantitative estimate of drug-likeness (QED) is 0.620. The van der Waals surface area contributed by atoms with Gasteiger partial charge in [0.25, 0.3) is 0 Å². The Morgan fingerprint density at radius 1 is 1.06 bits per heavy atom. The molecule has 0 bridgehead atoms. The molecule has 17 heavy (non-hydrogen) atoms. The number of aldehydes is 1. The van der Waals surface area contributed by atoms with E-state index in [1.54, 1.807) is 0 Å². The summed E-state index contributed by atoms with van der Waals surface area (Å²) in [7, 11) is 0. The van der Waals surface area contributed by atoms with Crippen LogP contribution in [0.1, 0.15) is 68.8 Å². The molecule has 0 aromatic heterocycles. The van der Waals surface area contributed by atoms with E-state index in [0.717, 1.165) is 11.8 Å². The first kappa shape index (κ1) is 14.0. The first-order valence-corrected chi connectivity index (χ1v) is 6.72. The topological polar surface area (TPSA) is 17.1 Å². The lowest BCUT2D eigenvalue weighted by Gasteiger charge is -2.30. The molecule has 1 atom stereocenters. The van der Waals surface area contributed by atoms with Crippen molar-refractivity contribution in [3.8, 4) is 0 Å². The average Bonchev–Trinajstić information content (AvgIpc) is 2.37. The van der Waals surface area contributed by atoms with Gasteiger partial charge in [0.2, 0.25) is 0 Å². The second kappa shape index (κ2) is 6.58. The maximum absolute atomic E-state index is 10.7. The maximum atomic E-state index is 10.7. The summed E-state index contributed by atoms with van der Waals surface area (Å²) in [6, 6.07) is 8.11. The summed E-state index contributed by atoms with van der Waals surface area (Å²) in [5, 5.41) is 0. The minimum Gasteiger partial charge on any atom is -0.298 e. The second-order valence-corrected chi connectivity index (χ2v) is 5.15. The van der Waals surface area contributed by atoms with Crippen LogP contribution < -0.4 is 0 Å². The fourth-order valence-corrected chi connectivity index (χ4v) is 2.50. The fourth-order valence-electron chi connectivity index (χ4n) is 2.50. The Morgan fingerprint density at radius 3 is 2.18 bits per heavy atom. The van der Waals surface area contributed by atoms with Crippen LogP contribution in [0.2, 0.25) is 0 Å². The molecule has 0 spiro atoms. The summed E-state index contributed by atoms with van der Waals surface area (Å²) in [5.74, 6) is 0. The second-order valence-electron chi connectivity index (χ2n) is 5.15. The number of carbonyl (C=O) groups excluding carboxylic acids is 1. The molecule has 0 amide bonds. The number of unbranched alkanes of at least 4 members (excludes halogenated alkanes) is 1. The van der Waals surface area contributed by atoms with Gasteiger partial charge in [0, 0.05) is 5.56 Å². The fraction of sp³-hybridized carbons (Fsp3) is 0.562. The van der Waals surface area contributed by atoms with Gasteiger partial charge < -0.3 is 0 Å². The minimum absolute atomic E-state index is 0.270. The van der Waals surface area contributed by atoms with Crippen LogP contribution in [-0.2, 0) is 5.41 Å². The van der Waals surface area contributed by atoms with Crippen molar-refractivity contribution in [1.82, 2.24) is 0 Å². The highest BCUT2D eigenvalue weighted by atomic mass is 16.1. The minimum atomic E-state index is 0.270. The van der Waals surface area contributed by atoms with Crippen LogP contribution in [-0.4, -0.2) is 6.29 Å². The average molecular weight is 232 g/mol. The van der Waals surface area contributed by atoms with Crippen molar-refractivity contribution in [1.29, 1.82) is 0 Å². The summed E-state index contributed by atoms with van der Waals surface area (Å²) in [4.78, 5) is 10.7. The molecule has 1 aromatic carbocycles. The molecule has 1 heteroatoms. The molecule has 94 valence electrons. The Bertz CT molecular complexity index is 339. The normalized spacial score (nSPS) is 14.3. The largest absolute Gasteiger partial charge is 0.298 e. The monoisotopic (exact) mass is 232 g/mol. The third-order valence-electron chi connectivity index (χ3n) is 3.63. The Labute approximate surface area is 105 Å². The predicted molar refractivity (Wildman–Crippen MR) is 73.6 cm³/mol. The van der Waals surface area contributed by atoms with Gasteiger partial charge in [0.05, 0.1) is 0 Å². The van der Waals surface area contributed by atoms with Crippen LogP contribution in [0.4, 0.5) is 0 Å². The van der Waals surface area contributed by atoms with Crippen molar-refractivity contribution < 1.29 is 4.79 Å². The number of hydrogen-bond acceptors (Lipinski definition) is 1. The zero-order chi connectivity index (χ0) is 12.7. The molecule has 0 fully saturated rings. The molecule has 1 aromatic rings. The SMILES string of the molecule is CCCCC(C)(CCC)c1ccc(C=O)cc1. The standard InChI is InChI=1S/C16H24O/c1-4-6-12-16(3,11-5-2)15-9-7-14(13-17)8-10-15/h7-10,13H,4-6,11-12H2,1-3H3. The lowest BCUT2D eigenvalue weighted by molar-refractivity contribution is 0.112. The van der Waals surface area contributed by atoms with E-state index in [-0.39, 0.29) is 5.41 Å². The molecule has 0 saturated carbocycles. The van der Waals surface area contributed by atoms with Gasteiger partial charge in [-0.05, 0) is 23.8 Å². The van der Waals surface area contributed by atoms with Crippen molar-refractivity contribution in [2.45, 2.75) is 58.3 Å². The lowest BCUT2D eigenvalue weighted by atomic mass is 9.75. The molecule has 0 aliphatic rings. The summed E-state index contributed by atoms with van der Waals surface area (Å²) >= 11 is 0. The molecule has 0 saturated heterocycles. The zero-order valence-corrected chi connectivity index (χ0v) is 11.3. The van der Waals surface area contributed by atoms with Gasteiger partial charge in [-0.2, -0.15) is 0 Å². The van der Waals surface area contributed by atoms with E-state index in [1.165, 1.54) is 37.7 Å². The molecule has 0 heterocycles. The predicted octanol–water partition coefficient (Wildman–Crippen LogP) is 4.75. The van der Waals surface area contributed by atoms with Crippen LogP contribution in [0.5, 0.6) is 0 Å². The zero-order valence-electron chi connectivity index (χ0n) is 11.3. The van der Waals surface area contributed by atoms with Gasteiger partial charge in [0.15, 0.2) is 0 Å². The van der Waals surface area contributed by atoms with Crippen LogP contribution in [0.25, 0.3) is 0 Å². The Hall–Kier alpha value is -1.11. The van der Waals surface area contributed by atoms with E-state index in [1.807, 2.05) is 12.1 Å². The Balaban J connectivity index is 2.90. The highest BCUT2D eigenvalue weighted by Gasteiger charge is 2.24. The highest BCUT2D eigenvalue weighted by Crippen LogP contribution is 2.34. The van der Waals surface area contributed by atoms with Crippen molar-refractivity contribution in [3.63, 3.8) is 0 Å². The van der Waals surface area contributed by atoms with Crippen LogP contribution in [0, 0.1) is 0 Å². The molecule has 1 rings (SSSR count). The van der Waals surface area contributed by atoms with Crippen LogP contribution in [0.15, 0.2) is 24.3 Å². The van der Waals surface area contributed by atoms with Crippen LogP contribution in [0.3, 0.4) is 0 Å². The molecule has 0 aliphatic heterocycles. The summed E-state index contributed by atoms with van der Waals surface area (Å²) in [6.45, 7) is 6.83. The number of hydrogen-bond donors (Lipinski definition) is 0. The molecule has 0 radical (unpaired) electrons. The van der Waals surface area contributed by atoms with Gasteiger partial charge in [-0.3, -0.25) is 4.79 Å². The molecular weight excluding hydrogens is 208 g/mol. The van der Waals surface area contributed by atoms with E-state index >= 15 is 0 Å². The third kappa shape index (κ3) is 3.69. The molecule has 1 nitrogen and oxygen atoms in total. The maximum Gasteiger partial charge on any atom is 0.150 e. The Kier molecular flexibility index (Phi) is 5.40. The Morgan fingerprint density at radius 2 is 1.71 bits per heavy atom. The number of rotatable bonds is 7. The van der Waals surface area contributed by atoms with Crippen molar-refractivity contribution in [2.24, 2.45) is 0 Å². The number of benzene rings is 1. The third-order valence-corrected chi connectivity index (χ3v) is 3.63. The van der Waals surface area contributed by atoms with Crippen molar-refractivity contribution >= 4 is 6.29 Å². The first-order valence-electron chi connectivity index (χ1n) is 6.72. The first-order chi connectivity index (χ1) is 8.16. The van der Waals surface area contributed by atoms with E-state index in [9.17, 15) is 4.79 Å². The van der Waals surface area contributed by atoms with Gasteiger partial charge in [-0.1, -0.05) is 64.3 Å². The van der Waals surface area contributed by atoms with Gasteiger partial charge >= 0.3 is 0 Å². The summed E-state index contributed by atoms with van der Waals surface area (Å²) in [5.41, 5.74) is 2.41. The van der Waals surface area contributed by atoms with E-state index in [4.69, 9.17) is 0 Å². The number of carbonyl (C=O) groups is 1. The highest BCUT2D eigenvalue weighted by molar-refractivity contribution is 5.74. The van der Waals surface area contributed by atoms with E-state index in [2.05, 4.69) is 32.9 Å². The molecule has 1 unspecified atom stereocenters. The van der Waals surface area contributed by atoms with Gasteiger partial charge in [0.1, 0.15) is 6.29 Å². The molecule has 0 N–H and O–H groups in total. The van der Waals surface area contributed by atoms with Crippen molar-refractivity contribution in [3.05, 3.63) is 35.4 Å². The van der Waals surface area contributed by atoms with Crippen molar-refractivity contribution in [2.75, 3.05) is 0 Å². The van der Waals surface area contributed by atoms with Crippen LogP contribution >= 0.6 is 0 Å². The summed E-state index contributed by atoms with van der Waals surface area (Å²) in [6.07, 6.45) is 7.07. The lowest BCUT2D eigenvalue weighted by Crippen LogP contribution is -2.21. The van der Waals surface area contributed by atoms with Gasteiger partial charge in [-0.15, -0.1) is 0 Å². The van der Waals surface area contributed by atoms with Gasteiger partial charge in [-0.25, -0.2) is 0 Å².